The van der Waals surface area contributed by atoms with Crippen LogP contribution in [0.3, 0.4) is 0 Å². The minimum atomic E-state index is -0.119. The van der Waals surface area contributed by atoms with Crippen molar-refractivity contribution in [3.8, 4) is 11.8 Å². The Labute approximate surface area is 92.8 Å². The van der Waals surface area contributed by atoms with Gasteiger partial charge in [-0.1, -0.05) is 12.1 Å². The van der Waals surface area contributed by atoms with Gasteiger partial charge in [-0.25, -0.2) is 0 Å². The minimum absolute atomic E-state index is 0.0207. The molecule has 0 amide bonds. The number of para-hydroxylation sites is 1. The van der Waals surface area contributed by atoms with Crippen LogP contribution in [-0.2, 0) is 0 Å². The molecule has 0 bridgehead atoms. The van der Waals surface area contributed by atoms with Crippen LogP contribution in [0.1, 0.15) is 5.56 Å². The molecule has 0 atom stereocenters. The molecule has 0 spiro atoms. The number of nitrogens with two attached hydrogens (primary N) is 2. The fourth-order valence-corrected chi connectivity index (χ4v) is 0.986. The SMILES string of the molecule is N#CCOc1ccccc1C=NN=C(N)N. The Hall–Kier alpha value is -2.55. The van der Waals surface area contributed by atoms with Crippen LogP contribution in [0.5, 0.6) is 5.75 Å². The Kier molecular flexibility index (Phi) is 4.34. The van der Waals surface area contributed by atoms with Crippen molar-refractivity contribution in [2.45, 2.75) is 0 Å². The normalized spacial score (nSPS) is 9.69. The van der Waals surface area contributed by atoms with Gasteiger partial charge >= 0.3 is 0 Å². The van der Waals surface area contributed by atoms with Crippen molar-refractivity contribution in [3.63, 3.8) is 0 Å². The van der Waals surface area contributed by atoms with Crippen molar-refractivity contribution in [1.82, 2.24) is 0 Å². The molecule has 0 aliphatic carbocycles. The first-order chi connectivity index (χ1) is 7.74. The summed E-state index contributed by atoms with van der Waals surface area (Å²) >= 11 is 0. The number of hydrogen-bond acceptors (Lipinski definition) is 4. The van der Waals surface area contributed by atoms with Crippen LogP contribution < -0.4 is 16.2 Å². The highest BCUT2D eigenvalue weighted by Crippen LogP contribution is 2.15. The van der Waals surface area contributed by atoms with Gasteiger partial charge in [0.1, 0.15) is 11.8 Å². The second kappa shape index (κ2) is 6.03. The Morgan fingerprint density at radius 2 is 2.19 bits per heavy atom. The number of rotatable bonds is 4. The van der Waals surface area contributed by atoms with E-state index in [4.69, 9.17) is 21.5 Å². The standard InChI is InChI=1S/C10H11N5O/c11-5-6-16-9-4-2-1-3-8(9)7-14-15-10(12)13/h1-4,7H,6H2,(H4,12,13,15). The van der Waals surface area contributed by atoms with Crippen molar-refractivity contribution in [3.05, 3.63) is 29.8 Å². The molecule has 0 radical (unpaired) electrons. The molecule has 0 fully saturated rings. The van der Waals surface area contributed by atoms with E-state index in [1.165, 1.54) is 6.21 Å². The molecular formula is C10H11N5O. The maximum Gasteiger partial charge on any atom is 0.211 e. The second-order valence-corrected chi connectivity index (χ2v) is 2.75. The third kappa shape index (κ3) is 3.67. The molecule has 82 valence electrons. The predicted octanol–water partition coefficient (Wildman–Crippen LogP) is 0.196. The minimum Gasteiger partial charge on any atom is -0.478 e. The number of nitrogens with zero attached hydrogens (tertiary/aromatic N) is 3. The molecule has 4 N–H and O–H groups in total. The van der Waals surface area contributed by atoms with E-state index in [0.29, 0.717) is 11.3 Å². The van der Waals surface area contributed by atoms with E-state index in [9.17, 15) is 0 Å². The summed E-state index contributed by atoms with van der Waals surface area (Å²) in [6.45, 7) is -0.0207. The topological polar surface area (TPSA) is 110 Å². The van der Waals surface area contributed by atoms with E-state index < -0.39 is 0 Å². The van der Waals surface area contributed by atoms with Gasteiger partial charge in [0.15, 0.2) is 6.61 Å². The van der Waals surface area contributed by atoms with Gasteiger partial charge < -0.3 is 16.2 Å². The van der Waals surface area contributed by atoms with Crippen LogP contribution >= 0.6 is 0 Å². The third-order valence-electron chi connectivity index (χ3n) is 1.58. The quantitative estimate of drug-likeness (QED) is 0.426. The lowest BCUT2D eigenvalue weighted by atomic mass is 10.2. The van der Waals surface area contributed by atoms with Crippen molar-refractivity contribution in [2.24, 2.45) is 21.7 Å². The summed E-state index contributed by atoms with van der Waals surface area (Å²) in [7, 11) is 0. The predicted molar refractivity (Wildman–Crippen MR) is 61.0 cm³/mol. The first kappa shape index (κ1) is 11.5. The van der Waals surface area contributed by atoms with Crippen LogP contribution in [0.2, 0.25) is 0 Å². The van der Waals surface area contributed by atoms with Gasteiger partial charge in [-0.15, -0.1) is 5.10 Å². The van der Waals surface area contributed by atoms with Crippen LogP contribution in [0.4, 0.5) is 0 Å². The highest BCUT2D eigenvalue weighted by atomic mass is 16.5. The van der Waals surface area contributed by atoms with Gasteiger partial charge in [-0.2, -0.15) is 10.4 Å². The lowest BCUT2D eigenvalue weighted by molar-refractivity contribution is 0.367. The zero-order valence-corrected chi connectivity index (χ0v) is 8.50. The average Bonchev–Trinajstić information content (AvgIpc) is 2.27. The summed E-state index contributed by atoms with van der Waals surface area (Å²) in [5.41, 5.74) is 10.9. The fraction of sp³-hybridized carbons (Fsp3) is 0.100. The monoisotopic (exact) mass is 217 g/mol. The maximum absolute atomic E-state index is 8.40. The van der Waals surface area contributed by atoms with Crippen LogP contribution in [0.15, 0.2) is 34.5 Å². The first-order valence-electron chi connectivity index (χ1n) is 4.45. The Morgan fingerprint density at radius 1 is 1.44 bits per heavy atom. The molecule has 6 nitrogen and oxygen atoms in total. The van der Waals surface area contributed by atoms with Gasteiger partial charge in [0.2, 0.25) is 5.96 Å². The zero-order chi connectivity index (χ0) is 11.8. The molecule has 0 heterocycles. The van der Waals surface area contributed by atoms with Gasteiger partial charge in [-0.3, -0.25) is 0 Å². The van der Waals surface area contributed by atoms with Gasteiger partial charge in [0.25, 0.3) is 0 Å². The van der Waals surface area contributed by atoms with Crippen LogP contribution in [0, 0.1) is 11.3 Å². The highest BCUT2D eigenvalue weighted by Gasteiger charge is 1.99. The third-order valence-corrected chi connectivity index (χ3v) is 1.58. The van der Waals surface area contributed by atoms with Crippen molar-refractivity contribution < 1.29 is 4.74 Å². The number of hydrogen-bond donors (Lipinski definition) is 2. The second-order valence-electron chi connectivity index (χ2n) is 2.75. The molecule has 0 aromatic heterocycles. The molecule has 6 heteroatoms. The Balaban J connectivity index is 2.83. The number of benzene rings is 1. The fourth-order valence-electron chi connectivity index (χ4n) is 0.986. The summed E-state index contributed by atoms with van der Waals surface area (Å²) in [6.07, 6.45) is 1.45. The van der Waals surface area contributed by atoms with Gasteiger partial charge in [-0.05, 0) is 12.1 Å². The summed E-state index contributed by atoms with van der Waals surface area (Å²) in [5.74, 6) is 0.435. The lowest BCUT2D eigenvalue weighted by Gasteiger charge is -2.03. The average molecular weight is 217 g/mol. The van der Waals surface area contributed by atoms with E-state index in [1.54, 1.807) is 18.2 Å². The van der Waals surface area contributed by atoms with Crippen molar-refractivity contribution >= 4 is 12.2 Å². The molecule has 0 unspecified atom stereocenters. The van der Waals surface area contributed by atoms with Gasteiger partial charge in [0.05, 0.1) is 6.21 Å². The van der Waals surface area contributed by atoms with Crippen molar-refractivity contribution in [2.75, 3.05) is 6.61 Å². The molecule has 0 aliphatic rings. The summed E-state index contributed by atoms with van der Waals surface area (Å²) < 4.78 is 5.18. The molecule has 1 rings (SSSR count). The summed E-state index contributed by atoms with van der Waals surface area (Å²) in [5, 5.41) is 15.5. The largest absolute Gasteiger partial charge is 0.478 e. The molecule has 0 saturated heterocycles. The number of guanidine groups is 1. The van der Waals surface area contributed by atoms with E-state index in [0.717, 1.165) is 0 Å². The summed E-state index contributed by atoms with van der Waals surface area (Å²) in [6, 6.07) is 9.00. The molecular weight excluding hydrogens is 206 g/mol. The highest BCUT2D eigenvalue weighted by molar-refractivity contribution is 5.84. The Morgan fingerprint density at radius 3 is 2.88 bits per heavy atom. The van der Waals surface area contributed by atoms with Crippen molar-refractivity contribution in [1.29, 1.82) is 5.26 Å². The first-order valence-corrected chi connectivity index (χ1v) is 4.45. The van der Waals surface area contributed by atoms with Crippen LogP contribution in [0.25, 0.3) is 0 Å². The van der Waals surface area contributed by atoms with E-state index in [-0.39, 0.29) is 12.6 Å². The Bertz CT molecular complexity index is 443. The lowest BCUT2D eigenvalue weighted by Crippen LogP contribution is -2.21. The van der Waals surface area contributed by atoms with E-state index >= 15 is 0 Å². The molecule has 1 aromatic rings. The van der Waals surface area contributed by atoms with Crippen LogP contribution in [-0.4, -0.2) is 18.8 Å². The summed E-state index contributed by atoms with van der Waals surface area (Å²) in [4.78, 5) is 0. The number of nitriles is 1. The van der Waals surface area contributed by atoms with E-state index in [2.05, 4.69) is 10.2 Å². The molecule has 16 heavy (non-hydrogen) atoms. The molecule has 1 aromatic carbocycles. The van der Waals surface area contributed by atoms with Gasteiger partial charge in [0, 0.05) is 5.56 Å². The zero-order valence-electron chi connectivity index (χ0n) is 8.50. The van der Waals surface area contributed by atoms with E-state index in [1.807, 2.05) is 12.1 Å². The maximum atomic E-state index is 8.40. The smallest absolute Gasteiger partial charge is 0.211 e. The molecule has 0 aliphatic heterocycles. The molecule has 0 saturated carbocycles. The number of ether oxygens (including phenoxy) is 1.